The molecular weight excluding hydrogens is 264 g/mol. The summed E-state index contributed by atoms with van der Waals surface area (Å²) in [5.74, 6) is 0. The van der Waals surface area contributed by atoms with Crippen molar-refractivity contribution in [3.63, 3.8) is 0 Å². The first kappa shape index (κ1) is 13.4. The van der Waals surface area contributed by atoms with E-state index in [-0.39, 0.29) is 4.90 Å². The second kappa shape index (κ2) is 4.58. The molecule has 0 fully saturated rings. The van der Waals surface area contributed by atoms with E-state index in [0.29, 0.717) is 22.8 Å². The van der Waals surface area contributed by atoms with Gasteiger partial charge < -0.3 is 5.73 Å². The van der Waals surface area contributed by atoms with Crippen LogP contribution in [-0.2, 0) is 10.0 Å². The number of rotatable bonds is 3. The van der Waals surface area contributed by atoms with Gasteiger partial charge in [-0.1, -0.05) is 6.07 Å². The van der Waals surface area contributed by atoms with E-state index in [0.717, 1.165) is 5.56 Å². The third-order valence-corrected chi connectivity index (χ3v) is 4.27. The van der Waals surface area contributed by atoms with E-state index in [2.05, 4.69) is 14.9 Å². The van der Waals surface area contributed by atoms with E-state index >= 15 is 0 Å². The monoisotopic (exact) mass is 280 g/mol. The molecule has 0 aliphatic heterocycles. The Kier molecular flexibility index (Phi) is 3.23. The van der Waals surface area contributed by atoms with Crippen molar-refractivity contribution in [3.05, 3.63) is 35.2 Å². The minimum atomic E-state index is -3.66. The van der Waals surface area contributed by atoms with Gasteiger partial charge in [0.1, 0.15) is 0 Å². The van der Waals surface area contributed by atoms with Crippen LogP contribution in [0.2, 0.25) is 0 Å². The standard InChI is InChI=1S/C12H16N4O2S/c1-7-4-5-10(6-11(7)13)19(17,18)16-12-8(2)14-15-9(12)3/h4-6,16H,13H2,1-3H3,(H,14,15). The zero-order valence-electron chi connectivity index (χ0n) is 11.0. The Hall–Kier alpha value is -2.02. The third-order valence-electron chi connectivity index (χ3n) is 2.93. The Morgan fingerprint density at radius 3 is 2.47 bits per heavy atom. The normalized spacial score (nSPS) is 11.5. The number of nitrogens with zero attached hydrogens (tertiary/aromatic N) is 1. The zero-order chi connectivity index (χ0) is 14.2. The van der Waals surface area contributed by atoms with E-state index in [1.165, 1.54) is 12.1 Å². The van der Waals surface area contributed by atoms with Crippen LogP contribution in [0.1, 0.15) is 17.0 Å². The van der Waals surface area contributed by atoms with Crippen LogP contribution < -0.4 is 10.5 Å². The molecule has 0 aliphatic carbocycles. The minimum Gasteiger partial charge on any atom is -0.398 e. The number of aromatic amines is 1. The molecule has 0 aliphatic rings. The van der Waals surface area contributed by atoms with Gasteiger partial charge in [0.05, 0.1) is 22.0 Å². The summed E-state index contributed by atoms with van der Waals surface area (Å²) in [6.07, 6.45) is 0. The molecule has 1 heterocycles. The lowest BCUT2D eigenvalue weighted by molar-refractivity contribution is 0.601. The first-order valence-corrected chi connectivity index (χ1v) is 7.20. The molecule has 2 rings (SSSR count). The lowest BCUT2D eigenvalue weighted by Gasteiger charge is -2.09. The predicted octanol–water partition coefficient (Wildman–Crippen LogP) is 1.72. The van der Waals surface area contributed by atoms with Gasteiger partial charge in [-0.3, -0.25) is 9.82 Å². The van der Waals surface area contributed by atoms with Crippen molar-refractivity contribution in [2.45, 2.75) is 25.7 Å². The summed E-state index contributed by atoms with van der Waals surface area (Å²) in [6, 6.07) is 4.65. The Morgan fingerprint density at radius 1 is 1.26 bits per heavy atom. The van der Waals surface area contributed by atoms with Crippen LogP contribution in [0.15, 0.2) is 23.1 Å². The fraction of sp³-hybridized carbons (Fsp3) is 0.250. The highest BCUT2D eigenvalue weighted by Crippen LogP contribution is 2.23. The molecule has 102 valence electrons. The Balaban J connectivity index is 2.41. The van der Waals surface area contributed by atoms with Crippen molar-refractivity contribution in [1.82, 2.24) is 10.2 Å². The average Bonchev–Trinajstić information content (AvgIpc) is 2.64. The fourth-order valence-corrected chi connectivity index (χ4v) is 2.90. The molecule has 4 N–H and O–H groups in total. The summed E-state index contributed by atoms with van der Waals surface area (Å²) in [5.41, 5.74) is 8.77. The predicted molar refractivity (Wildman–Crippen MR) is 74.5 cm³/mol. The third kappa shape index (κ3) is 2.55. The number of H-pyrrole nitrogens is 1. The van der Waals surface area contributed by atoms with Crippen LogP contribution in [0.3, 0.4) is 0 Å². The molecule has 1 aromatic carbocycles. The molecule has 0 spiro atoms. The van der Waals surface area contributed by atoms with E-state index in [9.17, 15) is 8.42 Å². The van der Waals surface area contributed by atoms with Gasteiger partial charge >= 0.3 is 0 Å². The van der Waals surface area contributed by atoms with Crippen LogP contribution in [-0.4, -0.2) is 18.6 Å². The number of nitrogens with one attached hydrogen (secondary N) is 2. The number of aromatic nitrogens is 2. The first-order valence-electron chi connectivity index (χ1n) is 5.72. The number of nitrogen functional groups attached to an aromatic ring is 1. The second-order valence-corrected chi connectivity index (χ2v) is 6.12. The number of hydrogen-bond donors (Lipinski definition) is 3. The van der Waals surface area contributed by atoms with Gasteiger partial charge in [0.25, 0.3) is 10.0 Å². The molecule has 19 heavy (non-hydrogen) atoms. The van der Waals surface area contributed by atoms with Crippen LogP contribution in [0.25, 0.3) is 0 Å². The van der Waals surface area contributed by atoms with Gasteiger partial charge in [-0.25, -0.2) is 8.42 Å². The highest BCUT2D eigenvalue weighted by Gasteiger charge is 2.18. The number of benzene rings is 1. The van der Waals surface area contributed by atoms with Crippen molar-refractivity contribution in [3.8, 4) is 0 Å². The van der Waals surface area contributed by atoms with E-state index in [1.807, 2.05) is 6.92 Å². The van der Waals surface area contributed by atoms with Crippen LogP contribution in [0.4, 0.5) is 11.4 Å². The van der Waals surface area contributed by atoms with E-state index in [1.54, 1.807) is 19.9 Å². The molecule has 0 radical (unpaired) electrons. The van der Waals surface area contributed by atoms with Gasteiger partial charge in [-0.15, -0.1) is 0 Å². The highest BCUT2D eigenvalue weighted by atomic mass is 32.2. The highest BCUT2D eigenvalue weighted by molar-refractivity contribution is 7.92. The maximum Gasteiger partial charge on any atom is 0.262 e. The molecule has 0 saturated carbocycles. The summed E-state index contributed by atoms with van der Waals surface area (Å²) in [6.45, 7) is 5.30. The molecule has 0 saturated heterocycles. The number of sulfonamides is 1. The average molecular weight is 280 g/mol. The topological polar surface area (TPSA) is 101 Å². The summed E-state index contributed by atoms with van der Waals surface area (Å²) >= 11 is 0. The summed E-state index contributed by atoms with van der Waals surface area (Å²) < 4.78 is 27.0. The molecule has 0 unspecified atom stereocenters. The minimum absolute atomic E-state index is 0.135. The van der Waals surface area contributed by atoms with Gasteiger partial charge in [0, 0.05) is 5.69 Å². The van der Waals surface area contributed by atoms with Crippen LogP contribution in [0.5, 0.6) is 0 Å². The first-order chi connectivity index (χ1) is 8.81. The molecule has 0 bridgehead atoms. The number of aryl methyl sites for hydroxylation is 3. The maximum absolute atomic E-state index is 12.3. The maximum atomic E-state index is 12.3. The van der Waals surface area contributed by atoms with E-state index < -0.39 is 10.0 Å². The van der Waals surface area contributed by atoms with Crippen molar-refractivity contribution in [1.29, 1.82) is 0 Å². The quantitative estimate of drug-likeness (QED) is 0.745. The van der Waals surface area contributed by atoms with Gasteiger partial charge in [-0.05, 0) is 38.5 Å². The van der Waals surface area contributed by atoms with Gasteiger partial charge in [0.2, 0.25) is 0 Å². The second-order valence-electron chi connectivity index (χ2n) is 4.43. The Labute approximate surface area is 112 Å². The molecule has 2 aromatic rings. The van der Waals surface area contributed by atoms with Gasteiger partial charge in [0.15, 0.2) is 0 Å². The van der Waals surface area contributed by atoms with Gasteiger partial charge in [-0.2, -0.15) is 5.10 Å². The van der Waals surface area contributed by atoms with Crippen molar-refractivity contribution < 1.29 is 8.42 Å². The Bertz CT molecular complexity index is 700. The summed E-state index contributed by atoms with van der Waals surface area (Å²) in [5, 5.41) is 6.68. The number of hydrogen-bond acceptors (Lipinski definition) is 4. The largest absolute Gasteiger partial charge is 0.398 e. The SMILES string of the molecule is Cc1ccc(S(=O)(=O)Nc2c(C)n[nH]c2C)cc1N. The molecular formula is C12H16N4O2S. The molecule has 7 heteroatoms. The Morgan fingerprint density at radius 2 is 1.95 bits per heavy atom. The van der Waals surface area contributed by atoms with Crippen LogP contribution >= 0.6 is 0 Å². The number of anilines is 2. The molecule has 0 atom stereocenters. The van der Waals surface area contributed by atoms with Crippen LogP contribution in [0, 0.1) is 20.8 Å². The lowest BCUT2D eigenvalue weighted by Crippen LogP contribution is -2.14. The van der Waals surface area contributed by atoms with E-state index in [4.69, 9.17) is 5.73 Å². The van der Waals surface area contributed by atoms with Crippen molar-refractivity contribution >= 4 is 21.4 Å². The smallest absolute Gasteiger partial charge is 0.262 e. The van der Waals surface area contributed by atoms with Crippen molar-refractivity contribution in [2.24, 2.45) is 0 Å². The summed E-state index contributed by atoms with van der Waals surface area (Å²) in [7, 11) is -3.66. The molecule has 6 nitrogen and oxygen atoms in total. The molecule has 0 amide bonds. The fourth-order valence-electron chi connectivity index (χ4n) is 1.68. The number of nitrogens with two attached hydrogens (primary N) is 1. The summed E-state index contributed by atoms with van der Waals surface area (Å²) in [4.78, 5) is 0.135. The van der Waals surface area contributed by atoms with Crippen molar-refractivity contribution in [2.75, 3.05) is 10.5 Å². The molecule has 1 aromatic heterocycles. The lowest BCUT2D eigenvalue weighted by atomic mass is 10.2. The zero-order valence-corrected chi connectivity index (χ0v) is 11.8.